The van der Waals surface area contributed by atoms with Crippen molar-refractivity contribution in [2.75, 3.05) is 6.54 Å². The van der Waals surface area contributed by atoms with Crippen LogP contribution in [0.1, 0.15) is 27.7 Å². The molecule has 0 spiro atoms. The molecule has 0 radical (unpaired) electrons. The minimum atomic E-state index is -1.41. The fourth-order valence-electron chi connectivity index (χ4n) is 0.862. The van der Waals surface area contributed by atoms with E-state index in [1.807, 2.05) is 0 Å². The summed E-state index contributed by atoms with van der Waals surface area (Å²) in [5.74, 6) is -2.66. The molecule has 0 aromatic heterocycles. The Balaban J connectivity index is 5.46. The van der Waals surface area contributed by atoms with Crippen LogP contribution in [-0.2, 0) is 28.9 Å². The lowest BCUT2D eigenvalue weighted by Crippen LogP contribution is -2.52. The van der Waals surface area contributed by atoms with Gasteiger partial charge in [-0.2, -0.15) is 14.5 Å². The Bertz CT molecular complexity index is 436. The highest BCUT2D eigenvalue weighted by molar-refractivity contribution is 5.88. The Morgan fingerprint density at radius 1 is 0.762 bits per heavy atom. The molecule has 21 heavy (non-hydrogen) atoms. The molecule has 0 unspecified atom stereocenters. The van der Waals surface area contributed by atoms with Gasteiger partial charge in [0, 0.05) is 16.7 Å². The lowest BCUT2D eigenvalue weighted by Gasteiger charge is -2.25. The van der Waals surface area contributed by atoms with Crippen LogP contribution in [0.5, 0.6) is 0 Å². The van der Waals surface area contributed by atoms with E-state index in [-0.39, 0.29) is 23.3 Å². The molecule has 0 fully saturated rings. The molecule has 0 saturated heterocycles. The number of hydroxylamine groups is 3. The molecule has 0 aromatic carbocycles. The molecule has 116 valence electrons. The van der Waals surface area contributed by atoms with Crippen LogP contribution in [0.3, 0.4) is 0 Å². The average molecular weight is 298 g/mol. The van der Waals surface area contributed by atoms with E-state index in [1.165, 1.54) is 27.7 Å². The largest absolute Gasteiger partial charge is 0.404 e. The summed E-state index contributed by atoms with van der Waals surface area (Å²) in [6.07, 6.45) is 0. The van der Waals surface area contributed by atoms with E-state index in [2.05, 4.69) is 19.7 Å². The standard InChI is InChI=1S/C14H20NO6/c1-8-15(19-12(16)9(2)3,20-13(17)10(4)5)21-14(18)11(6)7/h2,4,6,8H2,1,3,5,7H3/q+1. The van der Waals surface area contributed by atoms with E-state index in [1.54, 1.807) is 0 Å². The molecule has 0 bridgehead atoms. The normalized spacial score (nSPS) is 10.3. The minimum Gasteiger partial charge on any atom is -0.239 e. The highest BCUT2D eigenvalue weighted by Crippen LogP contribution is 2.17. The lowest BCUT2D eigenvalue weighted by atomic mass is 10.4. The van der Waals surface area contributed by atoms with Crippen molar-refractivity contribution in [3.05, 3.63) is 36.5 Å². The Hall–Kier alpha value is -2.41. The van der Waals surface area contributed by atoms with Crippen molar-refractivity contribution in [1.82, 2.24) is 0 Å². The van der Waals surface area contributed by atoms with Crippen LogP contribution in [-0.4, -0.2) is 29.4 Å². The molecule has 0 N–H and O–H groups in total. The summed E-state index contributed by atoms with van der Waals surface area (Å²) < 4.78 is 0. The fraction of sp³-hybridized carbons (Fsp3) is 0.357. The van der Waals surface area contributed by atoms with Gasteiger partial charge in [0.15, 0.2) is 0 Å². The van der Waals surface area contributed by atoms with E-state index >= 15 is 0 Å². The van der Waals surface area contributed by atoms with Crippen molar-refractivity contribution in [2.45, 2.75) is 27.7 Å². The van der Waals surface area contributed by atoms with E-state index in [9.17, 15) is 14.4 Å². The third-order valence-corrected chi connectivity index (χ3v) is 2.10. The number of rotatable bonds is 7. The van der Waals surface area contributed by atoms with E-state index in [0.29, 0.717) is 0 Å². The summed E-state index contributed by atoms with van der Waals surface area (Å²) in [5.41, 5.74) is 0.135. The number of hydrogen-bond acceptors (Lipinski definition) is 6. The SMILES string of the molecule is C=C(C)C(=O)O[N+](CC)(OC(=O)C(=C)C)OC(=O)C(=C)C. The van der Waals surface area contributed by atoms with Crippen molar-refractivity contribution < 1.29 is 33.9 Å². The van der Waals surface area contributed by atoms with Gasteiger partial charge >= 0.3 is 17.9 Å². The monoisotopic (exact) mass is 298 g/mol. The number of quaternary nitrogens is 1. The maximum Gasteiger partial charge on any atom is 0.404 e. The van der Waals surface area contributed by atoms with Crippen molar-refractivity contribution in [3.8, 4) is 0 Å². The first-order valence-corrected chi connectivity index (χ1v) is 6.11. The Morgan fingerprint density at radius 2 is 1.00 bits per heavy atom. The fourth-order valence-corrected chi connectivity index (χ4v) is 0.862. The Labute approximate surface area is 123 Å². The van der Waals surface area contributed by atoms with Gasteiger partial charge in [-0.1, -0.05) is 19.7 Å². The van der Waals surface area contributed by atoms with Crippen LogP contribution in [0.15, 0.2) is 36.5 Å². The summed E-state index contributed by atoms with van der Waals surface area (Å²) >= 11 is 0. The molecule has 0 rings (SSSR count). The zero-order chi connectivity index (χ0) is 16.8. The van der Waals surface area contributed by atoms with Crippen LogP contribution in [0.25, 0.3) is 0 Å². The number of hydrogen-bond donors (Lipinski definition) is 0. The first kappa shape index (κ1) is 18.6. The molecule has 0 heterocycles. The Kier molecular flexibility index (Phi) is 6.54. The van der Waals surface area contributed by atoms with Gasteiger partial charge in [0.25, 0.3) is 0 Å². The van der Waals surface area contributed by atoms with Gasteiger partial charge in [0.2, 0.25) is 11.5 Å². The molecule has 7 heteroatoms. The van der Waals surface area contributed by atoms with Crippen LogP contribution < -0.4 is 0 Å². The van der Waals surface area contributed by atoms with Gasteiger partial charge in [-0.05, 0) is 27.7 Å². The zero-order valence-corrected chi connectivity index (χ0v) is 12.7. The van der Waals surface area contributed by atoms with Gasteiger partial charge in [0.1, 0.15) is 0 Å². The van der Waals surface area contributed by atoms with Gasteiger partial charge in [0.05, 0.1) is 0 Å². The molecule has 0 aliphatic heterocycles. The summed E-state index contributed by atoms with van der Waals surface area (Å²) in [7, 11) is 0. The highest BCUT2D eigenvalue weighted by Gasteiger charge is 2.44. The zero-order valence-electron chi connectivity index (χ0n) is 12.7. The minimum absolute atomic E-state index is 0.0451. The Morgan fingerprint density at radius 3 is 1.14 bits per heavy atom. The average Bonchev–Trinajstić information content (AvgIpc) is 2.37. The lowest BCUT2D eigenvalue weighted by molar-refractivity contribution is -1.33. The van der Waals surface area contributed by atoms with Gasteiger partial charge in [-0.25, -0.2) is 14.4 Å². The van der Waals surface area contributed by atoms with Gasteiger partial charge in [-0.15, -0.1) is 0 Å². The summed E-state index contributed by atoms with van der Waals surface area (Å²) in [4.78, 5) is 48.3. The second-order valence-electron chi connectivity index (χ2n) is 4.40. The van der Waals surface area contributed by atoms with E-state index in [0.717, 1.165) is 0 Å². The summed E-state index contributed by atoms with van der Waals surface area (Å²) in [6, 6.07) is 0. The quantitative estimate of drug-likeness (QED) is 0.406. The highest BCUT2D eigenvalue weighted by atomic mass is 17.2. The van der Waals surface area contributed by atoms with Crippen molar-refractivity contribution in [2.24, 2.45) is 0 Å². The molecule has 0 aliphatic rings. The van der Waals surface area contributed by atoms with Crippen LogP contribution >= 0.6 is 0 Å². The predicted octanol–water partition coefficient (Wildman–Crippen LogP) is 1.93. The maximum atomic E-state index is 11.7. The molecule has 0 saturated carbocycles. The van der Waals surface area contributed by atoms with Gasteiger partial charge < -0.3 is 0 Å². The maximum absolute atomic E-state index is 11.7. The number of carbonyl (C=O) groups excluding carboxylic acids is 3. The third-order valence-electron chi connectivity index (χ3n) is 2.10. The molecular weight excluding hydrogens is 278 g/mol. The number of carbonyl (C=O) groups is 3. The van der Waals surface area contributed by atoms with E-state index < -0.39 is 22.9 Å². The smallest absolute Gasteiger partial charge is 0.239 e. The topological polar surface area (TPSA) is 78.9 Å². The number of nitrogens with zero attached hydrogens (tertiary/aromatic N) is 1. The summed E-state index contributed by atoms with van der Waals surface area (Å²) in [5, 5.41) is 0. The molecular formula is C14H20NO6+. The molecule has 7 nitrogen and oxygen atoms in total. The van der Waals surface area contributed by atoms with Crippen molar-refractivity contribution >= 4 is 17.9 Å². The second kappa shape index (κ2) is 7.39. The van der Waals surface area contributed by atoms with Crippen LogP contribution in [0.4, 0.5) is 0 Å². The second-order valence-corrected chi connectivity index (χ2v) is 4.40. The first-order chi connectivity index (χ1) is 9.54. The molecule has 0 amide bonds. The predicted molar refractivity (Wildman–Crippen MR) is 73.5 cm³/mol. The van der Waals surface area contributed by atoms with Crippen molar-refractivity contribution in [1.29, 1.82) is 0 Å². The van der Waals surface area contributed by atoms with Crippen LogP contribution in [0, 0.1) is 0 Å². The van der Waals surface area contributed by atoms with E-state index in [4.69, 9.17) is 14.5 Å². The van der Waals surface area contributed by atoms with Crippen LogP contribution in [0.2, 0.25) is 0 Å². The van der Waals surface area contributed by atoms with Crippen molar-refractivity contribution in [3.63, 3.8) is 0 Å². The summed E-state index contributed by atoms with van der Waals surface area (Å²) in [6.45, 7) is 15.7. The molecule has 0 aliphatic carbocycles. The molecule has 0 aromatic rings. The molecule has 0 atom stereocenters. The third kappa shape index (κ3) is 5.62. The first-order valence-electron chi connectivity index (χ1n) is 6.11. The van der Waals surface area contributed by atoms with Gasteiger partial charge in [-0.3, -0.25) is 0 Å².